The second kappa shape index (κ2) is 38.1. The number of benzene rings is 1. The van der Waals surface area contributed by atoms with E-state index in [-0.39, 0.29) is 69.1 Å². The third-order valence-electron chi connectivity index (χ3n) is 15.6. The summed E-state index contributed by atoms with van der Waals surface area (Å²) in [4.78, 5) is 190. The van der Waals surface area contributed by atoms with Crippen molar-refractivity contribution in [3.63, 3.8) is 0 Å². The average Bonchev–Trinajstić information content (AvgIpc) is 0.853. The van der Waals surface area contributed by atoms with Crippen LogP contribution in [-0.2, 0) is 67.0 Å². The first-order valence-electron chi connectivity index (χ1n) is 32.1. The van der Waals surface area contributed by atoms with Crippen molar-refractivity contribution in [3.8, 4) is 0 Å². The van der Waals surface area contributed by atoms with Gasteiger partial charge in [0.1, 0.15) is 60.0 Å². The molecule has 2 saturated heterocycles. The van der Waals surface area contributed by atoms with Crippen molar-refractivity contribution >= 4 is 83.0 Å². The Kier molecular flexibility index (Phi) is 32.3. The van der Waals surface area contributed by atoms with E-state index in [1.807, 2.05) is 10.6 Å². The number of guanidine groups is 1. The van der Waals surface area contributed by atoms with Gasteiger partial charge in [-0.1, -0.05) is 92.1 Å². The van der Waals surface area contributed by atoms with Crippen LogP contribution in [0.5, 0.6) is 0 Å². The molecule has 0 spiro atoms. The molecule has 2 unspecified atom stereocenters. The molecule has 34 heteroatoms. The predicted molar refractivity (Wildman–Crippen MR) is 345 cm³/mol. The molecule has 0 aliphatic carbocycles. The van der Waals surface area contributed by atoms with Crippen LogP contribution < -0.4 is 70.4 Å². The normalized spacial score (nSPS) is 25.2. The van der Waals surface area contributed by atoms with Gasteiger partial charge in [0, 0.05) is 13.1 Å². The summed E-state index contributed by atoms with van der Waals surface area (Å²) in [6.07, 6.45) is -8.72. The van der Waals surface area contributed by atoms with Crippen molar-refractivity contribution in [2.75, 3.05) is 26.2 Å². The van der Waals surface area contributed by atoms with Crippen LogP contribution >= 0.6 is 0 Å². The van der Waals surface area contributed by atoms with E-state index in [1.165, 1.54) is 49.1 Å². The summed E-state index contributed by atoms with van der Waals surface area (Å²) in [7, 11) is 0. The number of rotatable bonds is 21. The molecule has 3 rings (SSSR count). The van der Waals surface area contributed by atoms with Crippen LogP contribution in [0.1, 0.15) is 140 Å². The maximum Gasteiger partial charge on any atom is 0.410 e. The minimum atomic E-state index is -2.59. The number of nitrogens with zero attached hydrogens (tertiary/aromatic N) is 2. The van der Waals surface area contributed by atoms with Crippen LogP contribution in [-0.4, -0.2) is 219 Å². The lowest BCUT2D eigenvalue weighted by Gasteiger charge is -2.34. The van der Waals surface area contributed by atoms with Crippen LogP contribution in [0.4, 0.5) is 4.79 Å². The van der Waals surface area contributed by atoms with Gasteiger partial charge in [0.15, 0.2) is 24.2 Å². The van der Waals surface area contributed by atoms with Gasteiger partial charge in [0.05, 0.1) is 25.4 Å². The highest BCUT2D eigenvalue weighted by Gasteiger charge is 2.45. The largest absolute Gasteiger partial charge is 0.453 e. The first-order chi connectivity index (χ1) is 44.8. The lowest BCUT2D eigenvalue weighted by Crippen LogP contribution is -2.64. The summed E-state index contributed by atoms with van der Waals surface area (Å²) >= 11 is 0. The number of likely N-dealkylation sites (tertiary alicyclic amines) is 1. The molecule has 0 radical (unpaired) electrons. The zero-order valence-electron chi connectivity index (χ0n) is 56.6. The van der Waals surface area contributed by atoms with E-state index < -0.39 is 198 Å². The molecule has 2 fully saturated rings. The fraction of sp³-hybridized carbons (Fsp3) is 0.677. The zero-order chi connectivity index (χ0) is 72.6. The highest BCUT2D eigenvalue weighted by molar-refractivity contribution is 6.00. The Morgan fingerprint density at radius 2 is 1.29 bits per heavy atom. The lowest BCUT2D eigenvalue weighted by molar-refractivity contribution is -0.159. The molecule has 96 heavy (non-hydrogen) atoms. The number of amides is 12. The van der Waals surface area contributed by atoms with E-state index in [9.17, 15) is 73.2 Å². The average molecular weight is 1360 g/mol. The topological polar surface area (TPSA) is 535 Å². The van der Waals surface area contributed by atoms with Crippen molar-refractivity contribution < 1.29 is 92.2 Å². The minimum Gasteiger partial charge on any atom is -0.453 e. The van der Waals surface area contributed by atoms with Crippen molar-refractivity contribution in [1.29, 1.82) is 0 Å². The summed E-state index contributed by atoms with van der Waals surface area (Å²) in [5, 5.41) is 68.4. The first kappa shape index (κ1) is 81.5. The number of carbonyl (C=O) groups excluding carboxylic acids is 13. The molecule has 2 aliphatic rings. The summed E-state index contributed by atoms with van der Waals surface area (Å²) in [6, 6.07) is -11.1. The quantitative estimate of drug-likeness (QED) is 0.0239. The number of primary amides is 1. The molecule has 0 aromatic heterocycles. The molecule has 1 aromatic rings. The molecule has 2 heterocycles. The maximum atomic E-state index is 15.5. The van der Waals surface area contributed by atoms with Gasteiger partial charge in [-0.15, -0.1) is 0 Å². The third kappa shape index (κ3) is 25.4. The second-order valence-electron chi connectivity index (χ2n) is 26.2. The van der Waals surface area contributed by atoms with Crippen molar-refractivity contribution in [2.45, 2.75) is 218 Å². The SMILES string of the molecule is CC[C@H](C)C1NC(=O)[C@@H](CCCN=C(N)N)NC(=O)[C@H](CC(C)C)NC(=O)[C@H]([C@H](O)C(C)C)NC(=O)[C@@H](NC(=O)[C@H](CC(C)C)NC(=O)[C@@H]2CCCN2C(=O)OC(C)(C)C)[C@@H](c2ccccc2)OC(=O)[C@H](CO)NC(=O)[C@H]([C@H](O)C(N)=O)NC(=O)CNC(=O)C([C@H](C)O)NC1=O. The number of aliphatic hydroxyl groups excluding tert-OH is 4. The molecular formula is C62H101N15O19. The van der Waals surface area contributed by atoms with E-state index in [1.54, 1.807) is 62.3 Å². The van der Waals surface area contributed by atoms with Gasteiger partial charge in [0.25, 0.3) is 0 Å². The fourth-order valence-electron chi connectivity index (χ4n) is 10.2. The molecule has 2 aliphatic heterocycles. The van der Waals surface area contributed by atoms with Gasteiger partial charge in [-0.05, 0) is 95.5 Å². The number of ether oxygens (including phenoxy) is 2. The number of hydrogen-bond donors (Lipinski definition) is 17. The van der Waals surface area contributed by atoms with Gasteiger partial charge >= 0.3 is 12.1 Å². The van der Waals surface area contributed by atoms with Gasteiger partial charge in [-0.2, -0.15) is 0 Å². The number of aliphatic imine (C=N–C) groups is 1. The predicted octanol–water partition coefficient (Wildman–Crippen LogP) is -4.41. The Morgan fingerprint density at radius 3 is 1.84 bits per heavy atom. The highest BCUT2D eigenvalue weighted by Crippen LogP contribution is 2.26. The molecule has 15 atom stereocenters. The van der Waals surface area contributed by atoms with Crippen molar-refractivity contribution in [2.24, 2.45) is 45.9 Å². The van der Waals surface area contributed by atoms with E-state index in [0.29, 0.717) is 6.42 Å². The molecule has 20 N–H and O–H groups in total. The van der Waals surface area contributed by atoms with Crippen molar-refractivity contribution in [1.82, 2.24) is 58.1 Å². The van der Waals surface area contributed by atoms with Gasteiger partial charge in [0.2, 0.25) is 65.0 Å². The number of aliphatic hydroxyl groups is 4. The summed E-state index contributed by atoms with van der Waals surface area (Å²) < 4.78 is 11.5. The number of esters is 1. The number of carbonyl (C=O) groups is 13. The van der Waals surface area contributed by atoms with Crippen LogP contribution in [0.3, 0.4) is 0 Å². The Balaban J connectivity index is 2.42. The third-order valence-corrected chi connectivity index (χ3v) is 15.6. The summed E-state index contributed by atoms with van der Waals surface area (Å²) in [5.41, 5.74) is 15.4. The van der Waals surface area contributed by atoms with E-state index in [0.717, 1.165) is 6.92 Å². The minimum absolute atomic E-state index is 0.0343. The molecule has 1 aromatic carbocycles. The number of nitrogens with one attached hydrogen (secondary N) is 10. The van der Waals surface area contributed by atoms with Gasteiger partial charge < -0.3 is 100 Å². The van der Waals surface area contributed by atoms with Gasteiger partial charge in [-0.3, -0.25) is 62.6 Å². The van der Waals surface area contributed by atoms with E-state index >= 15 is 9.59 Å². The molecule has 0 saturated carbocycles. The van der Waals surface area contributed by atoms with Crippen LogP contribution in [0.15, 0.2) is 35.3 Å². The monoisotopic (exact) mass is 1360 g/mol. The van der Waals surface area contributed by atoms with Crippen molar-refractivity contribution in [3.05, 3.63) is 35.9 Å². The van der Waals surface area contributed by atoms with Crippen LogP contribution in [0.25, 0.3) is 0 Å². The molecular weight excluding hydrogens is 1260 g/mol. The smallest absolute Gasteiger partial charge is 0.410 e. The Hall–Kier alpha value is -8.76. The molecule has 34 nitrogen and oxygen atoms in total. The molecule has 538 valence electrons. The summed E-state index contributed by atoms with van der Waals surface area (Å²) in [5.74, 6) is -17.5. The van der Waals surface area contributed by atoms with E-state index in [2.05, 4.69) is 47.5 Å². The highest BCUT2D eigenvalue weighted by atomic mass is 16.6. The number of cyclic esters (lactones) is 1. The van der Waals surface area contributed by atoms with E-state index in [4.69, 9.17) is 26.7 Å². The Labute approximate surface area is 558 Å². The maximum absolute atomic E-state index is 15.5. The number of nitrogens with two attached hydrogens (primary N) is 3. The second-order valence-corrected chi connectivity index (χ2v) is 26.2. The molecule has 0 bridgehead atoms. The Bertz CT molecular complexity index is 2910. The lowest BCUT2D eigenvalue weighted by atomic mass is 9.95. The standard InChI is InChI=1S/C62H101N15O19/c1-13-32(8)41-55(89)74-42(33(9)79)54(88)67-27-40(80)72-44(47(82)49(63)83)57(91)71-38(28-78)59(93)95-48(34-19-15-14-16-20-34)45(76-52(86)37(26-30(4)5)69-53(87)39-22-18-24-77(39)61(94)96-62(10,11)12)58(92)75-43(46(81)31(6)7)56(90)70-36(25-29(2)3)51(85)68-35(50(84)73-41)21-17-23-66-60(64)65/h14-16,19-20,29-33,35-39,41-48,78-79,81-82H,13,17-18,21-28H2,1-12H3,(H2,63,83)(H,67,88)(H,68,85)(H,69,87)(H,70,90)(H,71,91)(H,72,80)(H,73,84)(H,74,89)(H,75,92)(H,76,86)(H4,64,65,66)/t32-,33-,35+,36-,37-,38-,39-,41?,42?,43-,44-,45-,46+,47-,48+/m0/s1. The van der Waals surface area contributed by atoms with Gasteiger partial charge in [-0.25, -0.2) is 9.59 Å². The zero-order valence-corrected chi connectivity index (χ0v) is 56.6. The number of hydrogen-bond acceptors (Lipinski definition) is 20. The van der Waals surface area contributed by atoms with Crippen LogP contribution in [0, 0.1) is 23.7 Å². The Morgan fingerprint density at radius 1 is 0.719 bits per heavy atom. The molecule has 12 amide bonds. The van der Waals surface area contributed by atoms with Crippen LogP contribution in [0.2, 0.25) is 0 Å². The summed E-state index contributed by atoms with van der Waals surface area (Å²) in [6.45, 7) is 16.6. The fourth-order valence-corrected chi connectivity index (χ4v) is 10.2. The first-order valence-corrected chi connectivity index (χ1v) is 32.1.